The van der Waals surface area contributed by atoms with E-state index in [-0.39, 0.29) is 24.4 Å². The van der Waals surface area contributed by atoms with E-state index in [0.29, 0.717) is 17.9 Å². The molecule has 1 unspecified atom stereocenters. The van der Waals surface area contributed by atoms with Gasteiger partial charge in [0, 0.05) is 24.7 Å². The molecule has 4 nitrogen and oxygen atoms in total. The van der Waals surface area contributed by atoms with Crippen molar-refractivity contribution in [1.82, 2.24) is 10.2 Å². The molecule has 25 heavy (non-hydrogen) atoms. The molecule has 3 rings (SSSR count). The van der Waals surface area contributed by atoms with Crippen molar-refractivity contribution in [2.45, 2.75) is 25.4 Å². The van der Waals surface area contributed by atoms with Crippen LogP contribution < -0.4 is 10.1 Å². The SMILES string of the molecule is O=C(COc1ccccc1)NC1CCCN(Cc2ccccc2F)C1. The molecule has 1 N–H and O–H groups in total. The van der Waals surface area contributed by atoms with Crippen molar-refractivity contribution < 1.29 is 13.9 Å². The smallest absolute Gasteiger partial charge is 0.258 e. The molecule has 0 bridgehead atoms. The second-order valence-corrected chi connectivity index (χ2v) is 6.33. The van der Waals surface area contributed by atoms with Crippen LogP contribution in [0.15, 0.2) is 54.6 Å². The van der Waals surface area contributed by atoms with E-state index in [1.807, 2.05) is 42.5 Å². The van der Waals surface area contributed by atoms with Crippen LogP contribution in [0.2, 0.25) is 0 Å². The Morgan fingerprint density at radius 1 is 1.16 bits per heavy atom. The lowest BCUT2D eigenvalue weighted by Gasteiger charge is -2.33. The highest BCUT2D eigenvalue weighted by molar-refractivity contribution is 5.77. The van der Waals surface area contributed by atoms with Crippen LogP contribution in [-0.4, -0.2) is 36.5 Å². The number of benzene rings is 2. The van der Waals surface area contributed by atoms with Crippen LogP contribution in [0.25, 0.3) is 0 Å². The van der Waals surface area contributed by atoms with Gasteiger partial charge in [-0.25, -0.2) is 4.39 Å². The number of hydrogen-bond acceptors (Lipinski definition) is 3. The number of amides is 1. The van der Waals surface area contributed by atoms with Crippen LogP contribution in [0.1, 0.15) is 18.4 Å². The second-order valence-electron chi connectivity index (χ2n) is 6.33. The summed E-state index contributed by atoms with van der Waals surface area (Å²) < 4.78 is 19.3. The number of ether oxygens (including phenoxy) is 1. The van der Waals surface area contributed by atoms with Gasteiger partial charge in [-0.1, -0.05) is 36.4 Å². The van der Waals surface area contributed by atoms with E-state index in [2.05, 4.69) is 10.2 Å². The summed E-state index contributed by atoms with van der Waals surface area (Å²) in [6.07, 6.45) is 1.92. The number of hydrogen-bond donors (Lipinski definition) is 1. The van der Waals surface area contributed by atoms with Crippen LogP contribution in [0.4, 0.5) is 4.39 Å². The van der Waals surface area contributed by atoms with Crippen molar-refractivity contribution in [3.63, 3.8) is 0 Å². The van der Waals surface area contributed by atoms with Crippen molar-refractivity contribution >= 4 is 5.91 Å². The Balaban J connectivity index is 1.46. The summed E-state index contributed by atoms with van der Waals surface area (Å²) in [5, 5.41) is 3.02. The Kier molecular flexibility index (Phi) is 6.01. The normalized spacial score (nSPS) is 17.9. The maximum Gasteiger partial charge on any atom is 0.258 e. The number of halogens is 1. The zero-order chi connectivity index (χ0) is 17.5. The summed E-state index contributed by atoms with van der Waals surface area (Å²) in [5.74, 6) is 0.383. The highest BCUT2D eigenvalue weighted by Gasteiger charge is 2.22. The van der Waals surface area contributed by atoms with Gasteiger partial charge in [0.15, 0.2) is 6.61 Å². The Bertz CT molecular complexity index is 693. The number of likely N-dealkylation sites (tertiary alicyclic amines) is 1. The fourth-order valence-corrected chi connectivity index (χ4v) is 3.12. The molecular weight excluding hydrogens is 319 g/mol. The lowest BCUT2D eigenvalue weighted by molar-refractivity contribution is -0.124. The molecule has 0 aliphatic carbocycles. The van der Waals surface area contributed by atoms with E-state index in [9.17, 15) is 9.18 Å². The third kappa shape index (κ3) is 5.29. The van der Waals surface area contributed by atoms with Crippen LogP contribution in [0.5, 0.6) is 5.75 Å². The first-order valence-corrected chi connectivity index (χ1v) is 8.63. The van der Waals surface area contributed by atoms with Gasteiger partial charge in [0.1, 0.15) is 11.6 Å². The van der Waals surface area contributed by atoms with Gasteiger partial charge >= 0.3 is 0 Å². The monoisotopic (exact) mass is 342 g/mol. The first kappa shape index (κ1) is 17.4. The summed E-state index contributed by atoms with van der Waals surface area (Å²) in [6, 6.07) is 16.2. The minimum absolute atomic E-state index is 0.00776. The zero-order valence-electron chi connectivity index (χ0n) is 14.2. The molecule has 132 valence electrons. The molecule has 0 radical (unpaired) electrons. The molecule has 0 saturated carbocycles. The van der Waals surface area contributed by atoms with Gasteiger partial charge in [0.25, 0.3) is 5.91 Å². The summed E-state index contributed by atoms with van der Waals surface area (Å²) >= 11 is 0. The first-order valence-electron chi connectivity index (χ1n) is 8.63. The molecule has 1 amide bonds. The highest BCUT2D eigenvalue weighted by atomic mass is 19.1. The molecule has 5 heteroatoms. The van der Waals surface area contributed by atoms with Crippen molar-refractivity contribution in [3.8, 4) is 5.75 Å². The number of rotatable bonds is 6. The molecule has 0 aromatic heterocycles. The fourth-order valence-electron chi connectivity index (χ4n) is 3.12. The van der Waals surface area contributed by atoms with Crippen LogP contribution in [-0.2, 0) is 11.3 Å². The summed E-state index contributed by atoms with van der Waals surface area (Å²) in [7, 11) is 0. The number of nitrogens with zero attached hydrogens (tertiary/aromatic N) is 1. The van der Waals surface area contributed by atoms with E-state index in [4.69, 9.17) is 4.74 Å². The zero-order valence-corrected chi connectivity index (χ0v) is 14.2. The molecule has 1 saturated heterocycles. The molecule has 1 atom stereocenters. The van der Waals surface area contributed by atoms with Gasteiger partial charge in [-0.15, -0.1) is 0 Å². The predicted molar refractivity (Wildman–Crippen MR) is 94.8 cm³/mol. The van der Waals surface area contributed by atoms with Gasteiger partial charge in [0.05, 0.1) is 0 Å². The van der Waals surface area contributed by atoms with Gasteiger partial charge < -0.3 is 10.1 Å². The fraction of sp³-hybridized carbons (Fsp3) is 0.350. The third-order valence-electron chi connectivity index (χ3n) is 4.34. The van der Waals surface area contributed by atoms with E-state index in [1.165, 1.54) is 6.07 Å². The first-order chi connectivity index (χ1) is 12.2. The van der Waals surface area contributed by atoms with E-state index < -0.39 is 0 Å². The average molecular weight is 342 g/mol. The van der Waals surface area contributed by atoms with Crippen LogP contribution in [0.3, 0.4) is 0 Å². The van der Waals surface area contributed by atoms with Crippen LogP contribution in [0, 0.1) is 5.82 Å². The summed E-state index contributed by atoms with van der Waals surface area (Å²) in [6.45, 7) is 2.22. The Morgan fingerprint density at radius 2 is 1.92 bits per heavy atom. The number of para-hydroxylation sites is 1. The van der Waals surface area contributed by atoms with E-state index in [0.717, 1.165) is 25.9 Å². The van der Waals surface area contributed by atoms with E-state index in [1.54, 1.807) is 6.07 Å². The van der Waals surface area contributed by atoms with Gasteiger partial charge in [-0.05, 0) is 37.6 Å². The van der Waals surface area contributed by atoms with Gasteiger partial charge in [0.2, 0.25) is 0 Å². The lowest BCUT2D eigenvalue weighted by Crippen LogP contribution is -2.48. The van der Waals surface area contributed by atoms with Gasteiger partial charge in [-0.2, -0.15) is 0 Å². The number of nitrogens with one attached hydrogen (secondary N) is 1. The highest BCUT2D eigenvalue weighted by Crippen LogP contribution is 2.16. The standard InChI is InChI=1S/C20H23FN2O2/c21-19-11-5-4-7-16(19)13-23-12-6-8-17(14-23)22-20(24)15-25-18-9-2-1-3-10-18/h1-5,7,9-11,17H,6,8,12-15H2,(H,22,24). The Morgan fingerprint density at radius 3 is 2.72 bits per heavy atom. The average Bonchev–Trinajstić information content (AvgIpc) is 2.63. The molecule has 2 aromatic carbocycles. The maximum atomic E-state index is 13.8. The molecule has 1 heterocycles. The van der Waals surface area contributed by atoms with Crippen molar-refractivity contribution in [2.75, 3.05) is 19.7 Å². The van der Waals surface area contributed by atoms with Crippen molar-refractivity contribution in [1.29, 1.82) is 0 Å². The number of carbonyl (C=O) groups excluding carboxylic acids is 1. The molecular formula is C20H23FN2O2. The van der Waals surface area contributed by atoms with Crippen molar-refractivity contribution in [2.24, 2.45) is 0 Å². The summed E-state index contributed by atoms with van der Waals surface area (Å²) in [5.41, 5.74) is 0.696. The molecule has 1 aliphatic rings. The summed E-state index contributed by atoms with van der Waals surface area (Å²) in [4.78, 5) is 14.3. The predicted octanol–water partition coefficient (Wildman–Crippen LogP) is 2.99. The number of piperidine rings is 1. The molecule has 1 aliphatic heterocycles. The Labute approximate surface area is 147 Å². The minimum Gasteiger partial charge on any atom is -0.484 e. The lowest BCUT2D eigenvalue weighted by atomic mass is 10.0. The molecule has 2 aromatic rings. The van der Waals surface area contributed by atoms with E-state index >= 15 is 0 Å². The van der Waals surface area contributed by atoms with Gasteiger partial charge in [-0.3, -0.25) is 9.69 Å². The topological polar surface area (TPSA) is 41.6 Å². The third-order valence-corrected chi connectivity index (χ3v) is 4.34. The van der Waals surface area contributed by atoms with Crippen LogP contribution >= 0.6 is 0 Å². The molecule has 0 spiro atoms. The largest absolute Gasteiger partial charge is 0.484 e. The molecule has 1 fully saturated rings. The minimum atomic E-state index is -0.176. The van der Waals surface area contributed by atoms with Crippen molar-refractivity contribution in [3.05, 3.63) is 66.0 Å². The quantitative estimate of drug-likeness (QED) is 0.877. The maximum absolute atomic E-state index is 13.8. The Hall–Kier alpha value is -2.40. The second kappa shape index (κ2) is 8.62. The number of carbonyl (C=O) groups is 1.